The second-order valence-electron chi connectivity index (χ2n) is 7.80. The summed E-state index contributed by atoms with van der Waals surface area (Å²) >= 11 is 0. The van der Waals surface area contributed by atoms with E-state index in [0.717, 1.165) is 49.0 Å². The summed E-state index contributed by atoms with van der Waals surface area (Å²) in [6.07, 6.45) is 7.96. The minimum Gasteiger partial charge on any atom is -0.492 e. The van der Waals surface area contributed by atoms with E-state index in [9.17, 15) is 4.79 Å². The lowest BCUT2D eigenvalue weighted by Crippen LogP contribution is -2.42. The van der Waals surface area contributed by atoms with E-state index >= 15 is 0 Å². The summed E-state index contributed by atoms with van der Waals surface area (Å²) < 4.78 is 5.82. The summed E-state index contributed by atoms with van der Waals surface area (Å²) in [7, 11) is 0. The quantitative estimate of drug-likeness (QED) is 0.667. The van der Waals surface area contributed by atoms with Crippen LogP contribution in [0.15, 0.2) is 12.3 Å². The number of carbonyl (C=O) groups is 1. The second-order valence-corrected chi connectivity index (χ2v) is 7.80. The standard InChI is InChI=1S/C20H30N2O2.C2H6/c1-4-15-9-16(10-15)13-22-19(23)6-5-17-11-18(12-21-20(17)22)24-8-7-14(2)3;1-2/h11-12,14-16H,4-10,13H2,1-3H3;1-2H3. The minimum absolute atomic E-state index is 0.225. The highest BCUT2D eigenvalue weighted by Gasteiger charge is 2.33. The van der Waals surface area contributed by atoms with Gasteiger partial charge in [-0.05, 0) is 55.1 Å². The van der Waals surface area contributed by atoms with E-state index in [-0.39, 0.29) is 5.91 Å². The first-order valence-electron chi connectivity index (χ1n) is 10.5. The van der Waals surface area contributed by atoms with Gasteiger partial charge in [-0.1, -0.05) is 41.0 Å². The van der Waals surface area contributed by atoms with Crippen molar-refractivity contribution in [3.63, 3.8) is 0 Å². The Morgan fingerprint density at radius 2 is 1.96 bits per heavy atom. The van der Waals surface area contributed by atoms with Crippen LogP contribution < -0.4 is 9.64 Å². The number of carbonyl (C=O) groups excluding carboxylic acids is 1. The molecule has 1 aromatic heterocycles. The lowest BCUT2D eigenvalue weighted by Gasteiger charge is -2.39. The lowest BCUT2D eigenvalue weighted by molar-refractivity contribution is -0.119. The largest absolute Gasteiger partial charge is 0.492 e. The first-order chi connectivity index (χ1) is 12.6. The number of hydrogen-bond acceptors (Lipinski definition) is 3. The molecule has 4 heteroatoms. The summed E-state index contributed by atoms with van der Waals surface area (Å²) in [4.78, 5) is 18.9. The highest BCUT2D eigenvalue weighted by molar-refractivity contribution is 5.95. The third-order valence-corrected chi connectivity index (χ3v) is 5.40. The van der Waals surface area contributed by atoms with Gasteiger partial charge in [-0.2, -0.15) is 0 Å². The van der Waals surface area contributed by atoms with E-state index < -0.39 is 0 Å². The van der Waals surface area contributed by atoms with Gasteiger partial charge in [0.05, 0.1) is 12.8 Å². The first-order valence-corrected chi connectivity index (χ1v) is 10.5. The number of ether oxygens (including phenoxy) is 1. The fourth-order valence-corrected chi connectivity index (χ4v) is 3.70. The molecular formula is C22H36N2O2. The Morgan fingerprint density at radius 1 is 1.23 bits per heavy atom. The predicted molar refractivity (Wildman–Crippen MR) is 108 cm³/mol. The molecule has 0 saturated heterocycles. The van der Waals surface area contributed by atoms with Crippen molar-refractivity contribution in [2.45, 2.75) is 73.1 Å². The Morgan fingerprint density at radius 3 is 2.62 bits per heavy atom. The topological polar surface area (TPSA) is 42.4 Å². The average Bonchev–Trinajstić information content (AvgIpc) is 2.60. The number of rotatable bonds is 7. The van der Waals surface area contributed by atoms with Crippen LogP contribution >= 0.6 is 0 Å². The first kappa shape index (κ1) is 20.7. The van der Waals surface area contributed by atoms with Gasteiger partial charge < -0.3 is 4.74 Å². The van der Waals surface area contributed by atoms with Crippen LogP contribution in [0.2, 0.25) is 0 Å². The fourth-order valence-electron chi connectivity index (χ4n) is 3.70. The average molecular weight is 361 g/mol. The summed E-state index contributed by atoms with van der Waals surface area (Å²) in [6, 6.07) is 2.08. The van der Waals surface area contributed by atoms with Gasteiger partial charge in [0.25, 0.3) is 0 Å². The number of anilines is 1. The Hall–Kier alpha value is -1.58. The number of pyridine rings is 1. The normalized spacial score (nSPS) is 21.6. The molecule has 2 aliphatic rings. The maximum absolute atomic E-state index is 12.4. The fraction of sp³-hybridized carbons (Fsp3) is 0.727. The molecule has 0 atom stereocenters. The summed E-state index contributed by atoms with van der Waals surface area (Å²) in [5.41, 5.74) is 1.16. The van der Waals surface area contributed by atoms with Crippen LogP contribution in [0.1, 0.15) is 72.3 Å². The summed E-state index contributed by atoms with van der Waals surface area (Å²) in [5.74, 6) is 4.06. The summed E-state index contributed by atoms with van der Waals surface area (Å²) in [5, 5.41) is 0. The molecule has 4 nitrogen and oxygen atoms in total. The molecule has 0 unspecified atom stereocenters. The monoisotopic (exact) mass is 360 g/mol. The van der Waals surface area contributed by atoms with Crippen molar-refractivity contribution in [3.8, 4) is 5.75 Å². The third kappa shape index (κ3) is 5.21. The van der Waals surface area contributed by atoms with Crippen LogP contribution in [0.25, 0.3) is 0 Å². The molecule has 0 aromatic carbocycles. The van der Waals surface area contributed by atoms with E-state index in [2.05, 4.69) is 31.8 Å². The van der Waals surface area contributed by atoms with E-state index in [1.54, 1.807) is 6.20 Å². The van der Waals surface area contributed by atoms with Gasteiger partial charge in [-0.15, -0.1) is 0 Å². The van der Waals surface area contributed by atoms with Crippen LogP contribution in [0.4, 0.5) is 5.82 Å². The predicted octanol–water partition coefficient (Wildman–Crippen LogP) is 5.25. The Balaban J connectivity index is 0.00000117. The number of hydrogen-bond donors (Lipinski definition) is 0. The van der Waals surface area contributed by atoms with Gasteiger partial charge >= 0.3 is 0 Å². The Bertz CT molecular complexity index is 580. The van der Waals surface area contributed by atoms with Gasteiger partial charge in [0.15, 0.2) is 0 Å². The van der Waals surface area contributed by atoms with Gasteiger partial charge in [0, 0.05) is 13.0 Å². The molecule has 146 valence electrons. The van der Waals surface area contributed by atoms with Gasteiger partial charge in [0.1, 0.15) is 11.6 Å². The maximum atomic E-state index is 12.4. The van der Waals surface area contributed by atoms with Gasteiger partial charge in [0.2, 0.25) is 5.91 Å². The number of aromatic nitrogens is 1. The molecule has 0 radical (unpaired) electrons. The van der Waals surface area contributed by atoms with E-state index in [1.807, 2.05) is 18.7 Å². The van der Waals surface area contributed by atoms with E-state index in [4.69, 9.17) is 4.74 Å². The number of aryl methyl sites for hydroxylation is 1. The lowest BCUT2D eigenvalue weighted by atomic mass is 9.73. The van der Waals surface area contributed by atoms with Crippen LogP contribution in [-0.2, 0) is 11.2 Å². The third-order valence-electron chi connectivity index (χ3n) is 5.40. The Labute approximate surface area is 159 Å². The van der Waals surface area contributed by atoms with Crippen LogP contribution in [-0.4, -0.2) is 24.0 Å². The number of amides is 1. The molecule has 1 aromatic rings. The van der Waals surface area contributed by atoms with E-state index in [0.29, 0.717) is 18.3 Å². The highest BCUT2D eigenvalue weighted by Crippen LogP contribution is 2.38. The number of nitrogens with zero attached hydrogens (tertiary/aromatic N) is 2. The van der Waals surface area contributed by atoms with Crippen LogP contribution in [0, 0.1) is 17.8 Å². The van der Waals surface area contributed by atoms with E-state index in [1.165, 1.54) is 19.3 Å². The molecule has 0 N–H and O–H groups in total. The van der Waals surface area contributed by atoms with Gasteiger partial charge in [-0.25, -0.2) is 4.98 Å². The zero-order chi connectivity index (χ0) is 19.1. The maximum Gasteiger partial charge on any atom is 0.228 e. The highest BCUT2D eigenvalue weighted by atomic mass is 16.5. The zero-order valence-electron chi connectivity index (χ0n) is 17.3. The van der Waals surface area contributed by atoms with Crippen molar-refractivity contribution in [2.75, 3.05) is 18.1 Å². The molecule has 1 saturated carbocycles. The molecule has 1 amide bonds. The van der Waals surface area contributed by atoms with Crippen LogP contribution in [0.5, 0.6) is 5.75 Å². The van der Waals surface area contributed by atoms with Crippen LogP contribution in [0.3, 0.4) is 0 Å². The molecule has 2 heterocycles. The van der Waals surface area contributed by atoms with Crippen molar-refractivity contribution in [2.24, 2.45) is 17.8 Å². The van der Waals surface area contributed by atoms with Crippen molar-refractivity contribution in [1.82, 2.24) is 4.98 Å². The molecule has 1 aliphatic carbocycles. The molecular weight excluding hydrogens is 324 g/mol. The smallest absolute Gasteiger partial charge is 0.228 e. The molecule has 26 heavy (non-hydrogen) atoms. The number of fused-ring (bicyclic) bond motifs is 1. The SMILES string of the molecule is CC.CCC1CC(CN2C(=O)CCc3cc(OCCC(C)C)cnc32)C1. The van der Waals surface area contributed by atoms with Crippen molar-refractivity contribution >= 4 is 11.7 Å². The molecule has 3 rings (SSSR count). The molecule has 0 bridgehead atoms. The minimum atomic E-state index is 0.225. The van der Waals surface area contributed by atoms with Crippen molar-refractivity contribution in [3.05, 3.63) is 17.8 Å². The van der Waals surface area contributed by atoms with Crippen molar-refractivity contribution < 1.29 is 9.53 Å². The van der Waals surface area contributed by atoms with Crippen molar-refractivity contribution in [1.29, 1.82) is 0 Å². The molecule has 1 fully saturated rings. The molecule has 1 aliphatic heterocycles. The van der Waals surface area contributed by atoms with Gasteiger partial charge in [-0.3, -0.25) is 9.69 Å². The molecule has 0 spiro atoms. The second kappa shape index (κ2) is 9.94. The Kier molecular flexibility index (Phi) is 7.92. The summed E-state index contributed by atoms with van der Waals surface area (Å²) in [6.45, 7) is 12.2. The zero-order valence-corrected chi connectivity index (χ0v) is 17.3.